The minimum atomic E-state index is 0.906. The van der Waals surface area contributed by atoms with E-state index in [9.17, 15) is 0 Å². The highest BCUT2D eigenvalue weighted by Crippen LogP contribution is 2.55. The third-order valence-electron chi connectivity index (χ3n) is 7.87. The Morgan fingerprint density at radius 3 is 0.647 bits per heavy atom. The normalized spacial score (nSPS) is 9.33. The molecule has 51 heavy (non-hydrogen) atoms. The molecule has 0 heterocycles. The Morgan fingerprint density at radius 1 is 0.275 bits per heavy atom. The van der Waals surface area contributed by atoms with Gasteiger partial charge in [-0.15, -0.1) is 0 Å². The quantitative estimate of drug-likeness (QED) is 0.155. The maximum atomic E-state index is 2.54. The molecular weight excluding hydrogens is 615 g/mol. The van der Waals surface area contributed by atoms with Gasteiger partial charge in [-0.1, -0.05) is 221 Å². The number of anilines is 1. The standard InChI is InChI=1S/C40H35N.5C2H6/c1-3-41(4-2)40-38(33-26-16-8-17-27-33)36(31-22-12-6-13-23-31)35(30-20-10-5-11-21-30)37(32-24-14-7-15-25-32)39(40)34-28-18-9-19-29-34;5*1-2/h5-29H,3-4H2,1-2H3;5*1-2H3. The molecule has 0 saturated heterocycles. The zero-order valence-corrected chi connectivity index (χ0v) is 33.8. The van der Waals surface area contributed by atoms with Crippen LogP contribution >= 0.6 is 0 Å². The first kappa shape index (κ1) is 44.1. The van der Waals surface area contributed by atoms with E-state index in [1.54, 1.807) is 0 Å². The zero-order valence-electron chi connectivity index (χ0n) is 33.8. The first-order valence-electron chi connectivity index (χ1n) is 19.6. The average Bonchev–Trinajstić information content (AvgIpc) is 3.26. The third kappa shape index (κ3) is 11.1. The Morgan fingerprint density at radius 2 is 0.451 bits per heavy atom. The lowest BCUT2D eigenvalue weighted by Crippen LogP contribution is -2.24. The lowest BCUT2D eigenvalue weighted by atomic mass is 9.77. The predicted molar refractivity (Wildman–Crippen MR) is 234 cm³/mol. The smallest absolute Gasteiger partial charge is 0.0538 e. The molecule has 6 aromatic carbocycles. The van der Waals surface area contributed by atoms with Crippen molar-refractivity contribution in [3.63, 3.8) is 0 Å². The molecule has 0 amide bonds. The fourth-order valence-electron chi connectivity index (χ4n) is 6.05. The van der Waals surface area contributed by atoms with Gasteiger partial charge in [-0.2, -0.15) is 0 Å². The molecule has 0 saturated carbocycles. The van der Waals surface area contributed by atoms with Gasteiger partial charge in [0, 0.05) is 35.3 Å². The van der Waals surface area contributed by atoms with E-state index in [1.807, 2.05) is 69.2 Å². The molecule has 0 aromatic heterocycles. The third-order valence-corrected chi connectivity index (χ3v) is 7.87. The summed E-state index contributed by atoms with van der Waals surface area (Å²) in [6, 6.07) is 54.7. The highest BCUT2D eigenvalue weighted by Gasteiger charge is 2.29. The Hall–Kier alpha value is -4.88. The maximum absolute atomic E-state index is 2.54. The Labute approximate surface area is 313 Å². The second-order valence-corrected chi connectivity index (χ2v) is 10.2. The molecule has 6 aromatic rings. The van der Waals surface area contributed by atoms with Crippen molar-refractivity contribution in [2.24, 2.45) is 0 Å². The topological polar surface area (TPSA) is 3.24 Å². The first-order chi connectivity index (χ1) is 25.3. The molecule has 0 fully saturated rings. The minimum Gasteiger partial charge on any atom is -0.371 e. The van der Waals surface area contributed by atoms with Gasteiger partial charge in [0.2, 0.25) is 0 Å². The fraction of sp³-hybridized carbons (Fsp3) is 0.280. The van der Waals surface area contributed by atoms with Crippen LogP contribution < -0.4 is 4.90 Å². The number of rotatable bonds is 8. The summed E-state index contributed by atoms with van der Waals surface area (Å²) in [5.41, 5.74) is 13.7. The highest BCUT2D eigenvalue weighted by molar-refractivity contribution is 6.14. The summed E-state index contributed by atoms with van der Waals surface area (Å²) < 4.78 is 0. The van der Waals surface area contributed by atoms with Gasteiger partial charge in [-0.3, -0.25) is 0 Å². The van der Waals surface area contributed by atoms with Crippen molar-refractivity contribution in [1.29, 1.82) is 0 Å². The SMILES string of the molecule is CC.CC.CC.CC.CC.CCN(CC)c1c(-c2ccccc2)c(-c2ccccc2)c(-c2ccccc2)c(-c2ccccc2)c1-c1ccccc1. The van der Waals surface area contributed by atoms with E-state index in [4.69, 9.17) is 0 Å². The number of nitrogens with zero attached hydrogens (tertiary/aromatic N) is 1. The van der Waals surface area contributed by atoms with Gasteiger partial charge >= 0.3 is 0 Å². The van der Waals surface area contributed by atoms with E-state index in [0.717, 1.165) is 13.1 Å². The number of hydrogen-bond donors (Lipinski definition) is 0. The number of benzene rings is 6. The van der Waals surface area contributed by atoms with Crippen molar-refractivity contribution >= 4 is 5.69 Å². The van der Waals surface area contributed by atoms with Gasteiger partial charge in [0.05, 0.1) is 5.69 Å². The Balaban J connectivity index is 0.00000120. The molecule has 1 nitrogen and oxygen atoms in total. The van der Waals surface area contributed by atoms with Crippen LogP contribution in [-0.2, 0) is 0 Å². The van der Waals surface area contributed by atoms with Crippen LogP contribution in [0.5, 0.6) is 0 Å². The van der Waals surface area contributed by atoms with Crippen LogP contribution in [-0.4, -0.2) is 13.1 Å². The Kier molecular flexibility index (Phi) is 22.5. The lowest BCUT2D eigenvalue weighted by molar-refractivity contribution is 0.869. The van der Waals surface area contributed by atoms with Crippen molar-refractivity contribution in [1.82, 2.24) is 0 Å². The largest absolute Gasteiger partial charge is 0.371 e. The molecule has 0 aliphatic heterocycles. The van der Waals surface area contributed by atoms with Crippen molar-refractivity contribution in [3.05, 3.63) is 152 Å². The monoisotopic (exact) mass is 680 g/mol. The van der Waals surface area contributed by atoms with Crippen LogP contribution in [0.2, 0.25) is 0 Å². The van der Waals surface area contributed by atoms with E-state index in [0.29, 0.717) is 0 Å². The van der Waals surface area contributed by atoms with Crippen molar-refractivity contribution < 1.29 is 0 Å². The summed E-state index contributed by atoms with van der Waals surface area (Å²) in [6.45, 7) is 26.3. The van der Waals surface area contributed by atoms with E-state index in [1.165, 1.54) is 61.3 Å². The predicted octanol–water partition coefficient (Wildman–Crippen LogP) is 16.0. The molecule has 270 valence electrons. The first-order valence-corrected chi connectivity index (χ1v) is 19.6. The molecule has 0 aliphatic carbocycles. The fourth-order valence-corrected chi connectivity index (χ4v) is 6.05. The second-order valence-electron chi connectivity index (χ2n) is 10.2. The summed E-state index contributed by atoms with van der Waals surface area (Å²) in [7, 11) is 0. The second kappa shape index (κ2) is 26.0. The highest BCUT2D eigenvalue weighted by atomic mass is 15.1. The molecular formula is C50H65N. The average molecular weight is 680 g/mol. The molecule has 0 aliphatic rings. The summed E-state index contributed by atoms with van der Waals surface area (Å²) in [5, 5.41) is 0. The zero-order chi connectivity index (χ0) is 38.0. The summed E-state index contributed by atoms with van der Waals surface area (Å²) in [6.07, 6.45) is 0. The molecule has 0 N–H and O–H groups in total. The van der Waals surface area contributed by atoms with E-state index >= 15 is 0 Å². The molecule has 1 heteroatoms. The van der Waals surface area contributed by atoms with Crippen molar-refractivity contribution in [3.8, 4) is 55.6 Å². The van der Waals surface area contributed by atoms with Gasteiger partial charge in [-0.05, 0) is 47.2 Å². The molecule has 0 unspecified atom stereocenters. The number of hydrogen-bond acceptors (Lipinski definition) is 1. The maximum Gasteiger partial charge on any atom is 0.0538 e. The molecule has 0 atom stereocenters. The van der Waals surface area contributed by atoms with Gasteiger partial charge < -0.3 is 4.90 Å². The molecule has 6 rings (SSSR count). The van der Waals surface area contributed by atoms with Gasteiger partial charge in [0.25, 0.3) is 0 Å². The van der Waals surface area contributed by atoms with E-state index in [-0.39, 0.29) is 0 Å². The minimum absolute atomic E-state index is 0.906. The van der Waals surface area contributed by atoms with E-state index in [2.05, 4.69) is 170 Å². The summed E-state index contributed by atoms with van der Waals surface area (Å²) >= 11 is 0. The molecule has 0 radical (unpaired) electrons. The van der Waals surface area contributed by atoms with Gasteiger partial charge in [0.15, 0.2) is 0 Å². The van der Waals surface area contributed by atoms with Crippen LogP contribution in [0, 0.1) is 0 Å². The summed E-state index contributed by atoms with van der Waals surface area (Å²) in [5.74, 6) is 0. The van der Waals surface area contributed by atoms with E-state index < -0.39 is 0 Å². The van der Waals surface area contributed by atoms with Gasteiger partial charge in [-0.25, -0.2) is 0 Å². The lowest BCUT2D eigenvalue weighted by Gasteiger charge is -2.34. The van der Waals surface area contributed by atoms with Gasteiger partial charge in [0.1, 0.15) is 0 Å². The van der Waals surface area contributed by atoms with Crippen LogP contribution in [0.4, 0.5) is 5.69 Å². The molecule has 0 bridgehead atoms. The van der Waals surface area contributed by atoms with Crippen LogP contribution in [0.25, 0.3) is 55.6 Å². The van der Waals surface area contributed by atoms with Crippen molar-refractivity contribution in [2.75, 3.05) is 18.0 Å². The molecule has 0 spiro atoms. The van der Waals surface area contributed by atoms with Crippen molar-refractivity contribution in [2.45, 2.75) is 83.1 Å². The van der Waals surface area contributed by atoms with Crippen LogP contribution in [0.1, 0.15) is 83.1 Å². The van der Waals surface area contributed by atoms with Crippen LogP contribution in [0.3, 0.4) is 0 Å². The Bertz CT molecular complexity index is 1600. The van der Waals surface area contributed by atoms with Crippen LogP contribution in [0.15, 0.2) is 152 Å². The summed E-state index contributed by atoms with van der Waals surface area (Å²) in [4.78, 5) is 2.54.